The van der Waals surface area contributed by atoms with E-state index in [9.17, 15) is 10.2 Å². The summed E-state index contributed by atoms with van der Waals surface area (Å²) >= 11 is 6.30. The number of thiol groups is 1. The lowest BCUT2D eigenvalue weighted by atomic mass is 9.84. The maximum absolute atomic E-state index is 10.7. The summed E-state index contributed by atoms with van der Waals surface area (Å²) in [7, 11) is 0. The molecule has 1 aliphatic rings. The summed E-state index contributed by atoms with van der Waals surface area (Å²) in [5, 5.41) is 21.4. The second-order valence-corrected chi connectivity index (χ2v) is 14.8. The number of benzene rings is 2. The fourth-order valence-electron chi connectivity index (χ4n) is 5.03. The van der Waals surface area contributed by atoms with Crippen molar-refractivity contribution in [3.8, 4) is 11.5 Å². The Bertz CT molecular complexity index is 1100. The molecule has 0 unspecified atom stereocenters. The summed E-state index contributed by atoms with van der Waals surface area (Å²) in [6, 6.07) is 8.47. The molecule has 0 amide bonds. The van der Waals surface area contributed by atoms with Gasteiger partial charge >= 0.3 is 0 Å². The molecule has 40 heavy (non-hydrogen) atoms. The minimum absolute atomic E-state index is 0.0846. The molecule has 0 saturated heterocycles. The van der Waals surface area contributed by atoms with Crippen molar-refractivity contribution in [2.45, 2.75) is 127 Å². The summed E-state index contributed by atoms with van der Waals surface area (Å²) in [6.45, 7) is 20.8. The average Bonchev–Trinajstić information content (AvgIpc) is 2.85. The molecule has 4 heteroatoms. The van der Waals surface area contributed by atoms with Crippen molar-refractivity contribution in [3.63, 3.8) is 0 Å². The molecule has 0 aromatic heterocycles. The van der Waals surface area contributed by atoms with Gasteiger partial charge in [-0.1, -0.05) is 110 Å². The molecule has 0 aliphatic heterocycles. The second-order valence-electron chi connectivity index (χ2n) is 13.2. The molecule has 222 valence electrons. The molecule has 1 fully saturated rings. The average molecular weight is 583 g/mol. The van der Waals surface area contributed by atoms with Gasteiger partial charge in [0.05, 0.1) is 0 Å². The first-order valence-electron chi connectivity index (χ1n) is 15.0. The number of hydrogen-bond acceptors (Lipinski definition) is 4. The quantitative estimate of drug-likeness (QED) is 0.214. The third-order valence-electron chi connectivity index (χ3n) is 7.69. The maximum Gasteiger partial charge on any atom is 0.123 e. The van der Waals surface area contributed by atoms with E-state index in [-0.39, 0.29) is 10.8 Å². The smallest absolute Gasteiger partial charge is 0.123 e. The van der Waals surface area contributed by atoms with E-state index in [0.717, 1.165) is 39.7 Å². The predicted octanol–water partition coefficient (Wildman–Crippen LogP) is 10.6. The summed E-state index contributed by atoms with van der Waals surface area (Å²) < 4.78 is 0. The van der Waals surface area contributed by atoms with Crippen LogP contribution in [0.1, 0.15) is 120 Å². The van der Waals surface area contributed by atoms with Crippen LogP contribution in [-0.4, -0.2) is 15.5 Å². The van der Waals surface area contributed by atoms with Gasteiger partial charge in [-0.05, 0) is 58.8 Å². The highest BCUT2D eigenvalue weighted by Crippen LogP contribution is 2.36. The number of allylic oxidation sites excluding steroid dienone is 2. The Morgan fingerprint density at radius 1 is 0.725 bits per heavy atom. The van der Waals surface area contributed by atoms with E-state index in [0.29, 0.717) is 23.7 Å². The molecule has 0 heterocycles. The highest BCUT2D eigenvalue weighted by molar-refractivity contribution is 7.99. The van der Waals surface area contributed by atoms with Crippen molar-refractivity contribution in [1.29, 1.82) is 0 Å². The van der Waals surface area contributed by atoms with Crippen LogP contribution in [0.2, 0.25) is 0 Å². The first-order valence-corrected chi connectivity index (χ1v) is 16.6. The van der Waals surface area contributed by atoms with Crippen molar-refractivity contribution in [3.05, 3.63) is 83.0 Å². The lowest BCUT2D eigenvalue weighted by molar-refractivity contribution is 0.462. The summed E-state index contributed by atoms with van der Waals surface area (Å²) in [4.78, 5) is 0. The lowest BCUT2D eigenvalue weighted by Gasteiger charge is -2.23. The van der Waals surface area contributed by atoms with Crippen molar-refractivity contribution in [2.75, 3.05) is 0 Å². The number of hydrogen-bond donors (Lipinski definition) is 3. The van der Waals surface area contributed by atoms with Crippen LogP contribution in [0.3, 0.4) is 0 Å². The fourth-order valence-corrected chi connectivity index (χ4v) is 6.57. The Morgan fingerprint density at radius 2 is 1.12 bits per heavy atom. The van der Waals surface area contributed by atoms with Crippen molar-refractivity contribution < 1.29 is 10.2 Å². The summed E-state index contributed by atoms with van der Waals surface area (Å²) in [6.07, 6.45) is 14.7. The lowest BCUT2D eigenvalue weighted by Crippen LogP contribution is -2.12. The molecule has 2 aromatic carbocycles. The molecule has 1 saturated carbocycles. The number of phenols is 2. The normalized spacial score (nSPS) is 15.0. The van der Waals surface area contributed by atoms with E-state index in [1.807, 2.05) is 30.0 Å². The van der Waals surface area contributed by atoms with Gasteiger partial charge in [-0.3, -0.25) is 0 Å². The van der Waals surface area contributed by atoms with Crippen LogP contribution < -0.4 is 0 Å². The molecule has 2 aromatic rings. The Labute approximate surface area is 255 Å². The van der Waals surface area contributed by atoms with Crippen LogP contribution in [0.15, 0.2) is 49.6 Å². The molecule has 1 aliphatic carbocycles. The van der Waals surface area contributed by atoms with Gasteiger partial charge in [-0.15, -0.1) is 13.2 Å². The summed E-state index contributed by atoms with van der Waals surface area (Å²) in [5.74, 6) is 2.33. The molecular formula is C36H54O2S2. The first kappa shape index (κ1) is 34.4. The Morgan fingerprint density at radius 3 is 1.55 bits per heavy atom. The number of phenolic OH excluding ortho intramolecular Hbond substituents is 2. The topological polar surface area (TPSA) is 40.5 Å². The summed E-state index contributed by atoms with van der Waals surface area (Å²) in [5.41, 5.74) is 6.68. The van der Waals surface area contributed by atoms with E-state index < -0.39 is 0 Å². The van der Waals surface area contributed by atoms with E-state index >= 15 is 0 Å². The number of rotatable bonds is 8. The van der Waals surface area contributed by atoms with Gasteiger partial charge in [0.25, 0.3) is 0 Å². The van der Waals surface area contributed by atoms with E-state index in [4.69, 9.17) is 0 Å². The maximum atomic E-state index is 10.7. The fraction of sp³-hybridized carbons (Fsp3) is 0.556. The van der Waals surface area contributed by atoms with Crippen molar-refractivity contribution in [2.24, 2.45) is 0 Å². The van der Waals surface area contributed by atoms with Gasteiger partial charge in [-0.25, -0.2) is 0 Å². The van der Waals surface area contributed by atoms with Gasteiger partial charge in [0.1, 0.15) is 11.5 Å². The van der Waals surface area contributed by atoms with E-state index in [2.05, 4.69) is 85.5 Å². The zero-order valence-corrected chi connectivity index (χ0v) is 27.7. The third kappa shape index (κ3) is 10.6. The zero-order chi connectivity index (χ0) is 29.9. The van der Waals surface area contributed by atoms with Crippen LogP contribution in [-0.2, 0) is 35.2 Å². The van der Waals surface area contributed by atoms with Crippen LogP contribution in [0.25, 0.3) is 0 Å². The molecule has 0 spiro atoms. The molecule has 0 bridgehead atoms. The van der Waals surface area contributed by atoms with Crippen LogP contribution in [0.5, 0.6) is 11.5 Å². The van der Waals surface area contributed by atoms with Crippen LogP contribution in [0, 0.1) is 0 Å². The number of aromatic hydroxyl groups is 2. The third-order valence-corrected chi connectivity index (χ3v) is 9.45. The molecule has 3 rings (SSSR count). The van der Waals surface area contributed by atoms with Gasteiger partial charge in [-0.2, -0.15) is 24.4 Å². The molecule has 2 N–H and O–H groups in total. The minimum atomic E-state index is 0.0846. The molecule has 0 radical (unpaired) electrons. The Hall–Kier alpha value is -1.78. The zero-order valence-electron chi connectivity index (χ0n) is 26.0. The minimum Gasteiger partial charge on any atom is -0.507 e. The highest BCUT2D eigenvalue weighted by Gasteiger charge is 2.20. The molecular weight excluding hydrogens is 529 g/mol. The molecule has 2 nitrogen and oxygen atoms in total. The van der Waals surface area contributed by atoms with Gasteiger partial charge in [0.15, 0.2) is 0 Å². The predicted molar refractivity (Wildman–Crippen MR) is 182 cm³/mol. The molecule has 0 atom stereocenters. The van der Waals surface area contributed by atoms with Crippen LogP contribution >= 0.6 is 24.4 Å². The Balaban J connectivity index is 0.000000305. The Kier molecular flexibility index (Phi) is 13.8. The highest BCUT2D eigenvalue weighted by atomic mass is 32.2. The number of thioether (sulfide) groups is 1. The van der Waals surface area contributed by atoms with Crippen molar-refractivity contribution >= 4 is 24.4 Å². The van der Waals surface area contributed by atoms with E-state index in [1.165, 1.54) is 56.1 Å². The van der Waals surface area contributed by atoms with Gasteiger partial charge in [0.2, 0.25) is 0 Å². The van der Waals surface area contributed by atoms with Gasteiger partial charge in [0, 0.05) is 27.9 Å². The van der Waals surface area contributed by atoms with Gasteiger partial charge < -0.3 is 10.2 Å². The standard InChI is InChI=1S/C22H34OS.C14H20OS/c1-5-11-17-14-19(22(2,3)4)15-18(21(17)23)16-24-20-12-9-7-6-8-10-13-20;1-5-6-10-7-12(14(2,3)4)8-11(9-16)13(10)15/h5,14-15,20,23H,1,6-13,16H2,2-4H3;5,7-8,15-16H,1,6,9H2,2-4H3. The van der Waals surface area contributed by atoms with E-state index in [1.54, 1.807) is 0 Å². The SMILES string of the molecule is C=CCc1cc(C(C)(C)C)cc(CS)c1O.C=CCc1cc(C(C)(C)C)cc(CSC2CCCCCCC2)c1O. The monoisotopic (exact) mass is 582 g/mol. The van der Waals surface area contributed by atoms with Crippen LogP contribution in [0.4, 0.5) is 0 Å². The second kappa shape index (κ2) is 16.0. The largest absolute Gasteiger partial charge is 0.507 e. The van der Waals surface area contributed by atoms with Crippen molar-refractivity contribution in [1.82, 2.24) is 0 Å². The first-order chi connectivity index (χ1) is 18.8.